The molecule has 0 aliphatic heterocycles. The van der Waals surface area contributed by atoms with Gasteiger partial charge in [-0.05, 0) is 61.6 Å². The lowest BCUT2D eigenvalue weighted by Crippen LogP contribution is -2.19. The zero-order chi connectivity index (χ0) is 25.0. The number of methoxy groups -OCH3 is 1. The van der Waals surface area contributed by atoms with Crippen LogP contribution in [0.4, 0.5) is 5.69 Å². The molecule has 0 spiro atoms. The first-order valence-corrected chi connectivity index (χ1v) is 11.8. The fourth-order valence-corrected chi connectivity index (χ4v) is 3.82. The third kappa shape index (κ3) is 5.70. The Morgan fingerprint density at radius 2 is 1.88 bits per heavy atom. The minimum absolute atomic E-state index is 0.0269. The molecule has 1 N–H and O–H groups in total. The van der Waals surface area contributed by atoms with Crippen LogP contribution in [0.1, 0.15) is 69.2 Å². The third-order valence-corrected chi connectivity index (χ3v) is 5.83. The molecule has 3 rings (SSSR count). The highest BCUT2D eigenvalue weighted by Gasteiger charge is 2.23. The summed E-state index contributed by atoms with van der Waals surface area (Å²) in [6, 6.07) is 11.1. The number of carbonyl (C=O) groups is 1. The monoisotopic (exact) mass is 484 g/mol. The third-order valence-electron chi connectivity index (χ3n) is 5.60. The van der Waals surface area contributed by atoms with E-state index in [9.17, 15) is 4.79 Å². The Kier molecular flexibility index (Phi) is 7.87. The van der Waals surface area contributed by atoms with Crippen LogP contribution in [0.3, 0.4) is 0 Å². The van der Waals surface area contributed by atoms with E-state index in [-0.39, 0.29) is 23.1 Å². The van der Waals surface area contributed by atoms with Crippen LogP contribution >= 0.6 is 11.6 Å². The van der Waals surface area contributed by atoms with Crippen LogP contribution < -0.4 is 14.8 Å². The van der Waals surface area contributed by atoms with Gasteiger partial charge in [0.1, 0.15) is 17.2 Å². The Balaban J connectivity index is 1.96. The molecule has 0 unspecified atom stereocenters. The summed E-state index contributed by atoms with van der Waals surface area (Å²) in [5.41, 5.74) is 2.97. The number of nitrogens with one attached hydrogen (secondary N) is 1. The van der Waals surface area contributed by atoms with Crippen molar-refractivity contribution in [1.29, 1.82) is 0 Å². The predicted octanol–water partition coefficient (Wildman–Crippen LogP) is 6.35. The summed E-state index contributed by atoms with van der Waals surface area (Å²) < 4.78 is 13.1. The van der Waals surface area contributed by atoms with E-state index in [4.69, 9.17) is 21.1 Å². The first kappa shape index (κ1) is 25.6. The lowest BCUT2D eigenvalue weighted by molar-refractivity contribution is 0.102. The number of rotatable bonds is 8. The molecule has 0 saturated carbocycles. The number of hydrogen-bond donors (Lipinski definition) is 1. The van der Waals surface area contributed by atoms with Crippen LogP contribution in [-0.4, -0.2) is 34.1 Å². The first-order chi connectivity index (χ1) is 16.0. The minimum Gasteiger partial charge on any atom is -0.494 e. The molecule has 0 bridgehead atoms. The van der Waals surface area contributed by atoms with Gasteiger partial charge in [-0.1, -0.05) is 57.0 Å². The fraction of sp³-hybridized carbons (Fsp3) is 0.423. The second-order valence-corrected chi connectivity index (χ2v) is 9.82. The molecular weight excluding hydrogens is 452 g/mol. The molecule has 1 aromatic heterocycles. The van der Waals surface area contributed by atoms with E-state index in [2.05, 4.69) is 43.3 Å². The Morgan fingerprint density at radius 1 is 1.18 bits per heavy atom. The smallest absolute Gasteiger partial charge is 0.278 e. The Labute approximate surface area is 206 Å². The first-order valence-electron chi connectivity index (χ1n) is 11.4. The second kappa shape index (κ2) is 10.5. The van der Waals surface area contributed by atoms with Crippen molar-refractivity contribution in [2.75, 3.05) is 12.4 Å². The van der Waals surface area contributed by atoms with Crippen LogP contribution in [0.25, 0.3) is 5.69 Å². The van der Waals surface area contributed by atoms with E-state index >= 15 is 0 Å². The number of amides is 1. The van der Waals surface area contributed by atoms with Gasteiger partial charge in [0, 0.05) is 5.02 Å². The number of anilines is 1. The molecule has 1 amide bonds. The molecule has 182 valence electrons. The van der Waals surface area contributed by atoms with Crippen LogP contribution in [0, 0.1) is 6.92 Å². The predicted molar refractivity (Wildman–Crippen MR) is 136 cm³/mol. The molecule has 0 aliphatic rings. The van der Waals surface area contributed by atoms with Gasteiger partial charge >= 0.3 is 0 Å². The lowest BCUT2D eigenvalue weighted by atomic mass is 9.87. The van der Waals surface area contributed by atoms with Crippen molar-refractivity contribution >= 4 is 23.2 Å². The average Bonchev–Trinajstić information content (AvgIpc) is 3.15. The van der Waals surface area contributed by atoms with Crippen molar-refractivity contribution in [3.8, 4) is 17.2 Å². The zero-order valence-electron chi connectivity index (χ0n) is 20.9. The molecule has 7 nitrogen and oxygen atoms in total. The molecule has 34 heavy (non-hydrogen) atoms. The van der Waals surface area contributed by atoms with Crippen molar-refractivity contribution in [3.05, 3.63) is 58.4 Å². The van der Waals surface area contributed by atoms with E-state index in [1.165, 1.54) is 0 Å². The number of benzene rings is 2. The van der Waals surface area contributed by atoms with Crippen molar-refractivity contribution in [2.24, 2.45) is 0 Å². The summed E-state index contributed by atoms with van der Waals surface area (Å²) >= 11 is 6.18. The van der Waals surface area contributed by atoms with Crippen molar-refractivity contribution < 1.29 is 14.3 Å². The zero-order valence-corrected chi connectivity index (χ0v) is 21.7. The summed E-state index contributed by atoms with van der Waals surface area (Å²) in [6.45, 7) is 12.3. The van der Waals surface area contributed by atoms with Gasteiger partial charge in [0.2, 0.25) is 0 Å². The second-order valence-electron chi connectivity index (χ2n) is 9.38. The van der Waals surface area contributed by atoms with E-state index in [0.29, 0.717) is 33.6 Å². The van der Waals surface area contributed by atoms with Crippen LogP contribution in [0.5, 0.6) is 11.5 Å². The van der Waals surface area contributed by atoms with Crippen LogP contribution in [-0.2, 0) is 5.41 Å². The van der Waals surface area contributed by atoms with Crippen LogP contribution in [0.2, 0.25) is 5.02 Å². The van der Waals surface area contributed by atoms with Gasteiger partial charge in [-0.3, -0.25) is 4.79 Å². The van der Waals surface area contributed by atoms with E-state index in [1.807, 2.05) is 25.1 Å². The number of carbonyl (C=O) groups excluding carboxylic acids is 1. The molecule has 1 atom stereocenters. The molecular formula is C26H33ClN4O3. The van der Waals surface area contributed by atoms with Gasteiger partial charge < -0.3 is 14.8 Å². The van der Waals surface area contributed by atoms with E-state index in [0.717, 1.165) is 18.4 Å². The summed E-state index contributed by atoms with van der Waals surface area (Å²) in [5, 5.41) is 11.9. The molecule has 2 aromatic carbocycles. The number of hydrogen-bond acceptors (Lipinski definition) is 5. The minimum atomic E-state index is -0.371. The molecule has 0 aliphatic carbocycles. The van der Waals surface area contributed by atoms with Gasteiger partial charge in [0.15, 0.2) is 5.69 Å². The molecule has 3 aromatic rings. The van der Waals surface area contributed by atoms with Gasteiger partial charge in [0.05, 0.1) is 24.6 Å². The molecule has 0 radical (unpaired) electrons. The number of ether oxygens (including phenoxy) is 2. The Morgan fingerprint density at radius 3 is 2.53 bits per heavy atom. The van der Waals surface area contributed by atoms with Gasteiger partial charge in [-0.15, -0.1) is 5.10 Å². The lowest BCUT2D eigenvalue weighted by Gasteiger charge is -2.23. The van der Waals surface area contributed by atoms with Gasteiger partial charge in [-0.25, -0.2) is 4.68 Å². The summed E-state index contributed by atoms with van der Waals surface area (Å²) in [7, 11) is 1.57. The Bertz CT molecular complexity index is 1170. The van der Waals surface area contributed by atoms with Crippen molar-refractivity contribution in [1.82, 2.24) is 15.0 Å². The largest absolute Gasteiger partial charge is 0.494 e. The number of halogens is 1. The highest BCUT2D eigenvalue weighted by atomic mass is 35.5. The van der Waals surface area contributed by atoms with E-state index < -0.39 is 0 Å². The van der Waals surface area contributed by atoms with Crippen LogP contribution in [0.15, 0.2) is 36.4 Å². The quantitative estimate of drug-likeness (QED) is 0.402. The molecule has 8 heteroatoms. The summed E-state index contributed by atoms with van der Waals surface area (Å²) in [4.78, 5) is 13.3. The average molecular weight is 485 g/mol. The highest BCUT2D eigenvalue weighted by molar-refractivity contribution is 6.30. The number of nitrogens with zero attached hydrogens (tertiary/aromatic N) is 3. The van der Waals surface area contributed by atoms with E-state index in [1.54, 1.807) is 36.9 Å². The van der Waals surface area contributed by atoms with Gasteiger partial charge in [0.25, 0.3) is 5.91 Å². The van der Waals surface area contributed by atoms with Crippen molar-refractivity contribution in [3.63, 3.8) is 0 Å². The standard InChI is InChI=1S/C26H33ClN4O3/c1-8-9-16(2)34-22-12-10-18(26(4,5)6)14-20(22)28-25(32)24-17(3)31(30-29-24)21-15-19(27)11-13-23(21)33-7/h10-16H,8-9H2,1-7H3,(H,28,32)/t16-/m1/s1. The van der Waals surface area contributed by atoms with Crippen molar-refractivity contribution in [2.45, 2.75) is 65.9 Å². The topological polar surface area (TPSA) is 78.3 Å². The SMILES string of the molecule is CCC[C@@H](C)Oc1ccc(C(C)(C)C)cc1NC(=O)c1nnn(-c2cc(Cl)ccc2OC)c1C. The Hall–Kier alpha value is -3.06. The maximum Gasteiger partial charge on any atom is 0.278 e. The summed E-state index contributed by atoms with van der Waals surface area (Å²) in [5.74, 6) is 0.829. The number of aromatic nitrogens is 3. The summed E-state index contributed by atoms with van der Waals surface area (Å²) in [6.07, 6.45) is 1.96. The van der Waals surface area contributed by atoms with Gasteiger partial charge in [-0.2, -0.15) is 0 Å². The maximum atomic E-state index is 13.3. The maximum absolute atomic E-state index is 13.3. The molecule has 0 saturated heterocycles. The fourth-order valence-electron chi connectivity index (χ4n) is 3.66. The highest BCUT2D eigenvalue weighted by Crippen LogP contribution is 2.33. The molecule has 1 heterocycles. The molecule has 0 fully saturated rings. The normalized spacial score (nSPS) is 12.4.